The van der Waals surface area contributed by atoms with E-state index in [9.17, 15) is 4.79 Å². The number of fused-ring (bicyclic) bond motifs is 1. The van der Waals surface area contributed by atoms with Gasteiger partial charge in [-0.3, -0.25) is 0 Å². The average molecular weight is 319 g/mol. The number of hydrogen-bond donors (Lipinski definition) is 1. The van der Waals surface area contributed by atoms with Crippen LogP contribution in [0.15, 0.2) is 71.9 Å². The second kappa shape index (κ2) is 6.96. The summed E-state index contributed by atoms with van der Waals surface area (Å²) in [6.07, 6.45) is 0. The first-order chi connectivity index (χ1) is 11.6. The molecule has 3 aromatic rings. The van der Waals surface area contributed by atoms with Crippen LogP contribution in [0.5, 0.6) is 0 Å². The molecule has 0 fully saturated rings. The highest BCUT2D eigenvalue weighted by Gasteiger charge is 2.05. The van der Waals surface area contributed by atoms with Crippen LogP contribution in [-0.2, 0) is 9.63 Å². The number of carboxylic acid groups (broad SMARTS) is 1. The minimum Gasteiger partial charge on any atom is -0.479 e. The lowest BCUT2D eigenvalue weighted by Crippen LogP contribution is -2.05. The van der Waals surface area contributed by atoms with Gasteiger partial charge in [0.05, 0.1) is 5.71 Å². The fourth-order valence-corrected chi connectivity index (χ4v) is 2.61. The lowest BCUT2D eigenvalue weighted by atomic mass is 9.97. The van der Waals surface area contributed by atoms with Crippen molar-refractivity contribution in [3.63, 3.8) is 0 Å². The topological polar surface area (TPSA) is 58.9 Å². The SMILES string of the molecule is CC(=NOCC(=O)O)c1ccc(-c2cccc3ccccc23)cc1. The number of carbonyl (C=O) groups is 1. The van der Waals surface area contributed by atoms with E-state index in [1.807, 2.05) is 36.4 Å². The molecule has 0 unspecified atom stereocenters. The van der Waals surface area contributed by atoms with Crippen molar-refractivity contribution >= 4 is 22.5 Å². The van der Waals surface area contributed by atoms with E-state index in [-0.39, 0.29) is 0 Å². The van der Waals surface area contributed by atoms with Gasteiger partial charge in [-0.15, -0.1) is 0 Å². The Hall–Kier alpha value is -3.14. The molecule has 0 radical (unpaired) electrons. The Bertz CT molecular complexity index is 893. The largest absolute Gasteiger partial charge is 0.479 e. The Morgan fingerprint density at radius 2 is 1.71 bits per heavy atom. The first-order valence-corrected chi connectivity index (χ1v) is 7.62. The maximum atomic E-state index is 10.4. The molecule has 24 heavy (non-hydrogen) atoms. The third kappa shape index (κ3) is 3.43. The Kier molecular flexibility index (Phi) is 4.57. The molecular weight excluding hydrogens is 302 g/mol. The van der Waals surface area contributed by atoms with Crippen LogP contribution < -0.4 is 0 Å². The van der Waals surface area contributed by atoms with Crippen molar-refractivity contribution in [2.45, 2.75) is 6.92 Å². The van der Waals surface area contributed by atoms with E-state index >= 15 is 0 Å². The summed E-state index contributed by atoms with van der Waals surface area (Å²) in [6.45, 7) is 1.35. The minimum atomic E-state index is -1.04. The quantitative estimate of drug-likeness (QED) is 0.562. The zero-order chi connectivity index (χ0) is 16.9. The molecule has 0 heterocycles. The van der Waals surface area contributed by atoms with Gasteiger partial charge in [-0.1, -0.05) is 71.9 Å². The van der Waals surface area contributed by atoms with E-state index in [1.54, 1.807) is 6.92 Å². The summed E-state index contributed by atoms with van der Waals surface area (Å²) in [5.41, 5.74) is 3.83. The summed E-state index contributed by atoms with van der Waals surface area (Å²) in [5.74, 6) is -1.04. The normalized spacial score (nSPS) is 11.5. The molecule has 4 heteroatoms. The van der Waals surface area contributed by atoms with Gasteiger partial charge < -0.3 is 9.94 Å². The molecule has 0 bridgehead atoms. The van der Waals surface area contributed by atoms with Gasteiger partial charge in [0.15, 0.2) is 0 Å². The predicted octanol–water partition coefficient (Wildman–Crippen LogP) is 4.33. The van der Waals surface area contributed by atoms with Crippen LogP contribution >= 0.6 is 0 Å². The molecule has 0 aliphatic carbocycles. The standard InChI is InChI=1S/C20H17NO3/c1-14(21-24-13-20(22)23)15-9-11-17(12-10-15)19-8-4-6-16-5-2-3-7-18(16)19/h2-12H,13H2,1H3,(H,22,23). The molecule has 0 aromatic heterocycles. The van der Waals surface area contributed by atoms with Crippen molar-refractivity contribution in [3.05, 3.63) is 72.3 Å². The van der Waals surface area contributed by atoms with Crippen LogP contribution in [0, 0.1) is 0 Å². The van der Waals surface area contributed by atoms with E-state index in [1.165, 1.54) is 16.3 Å². The fourth-order valence-electron chi connectivity index (χ4n) is 2.61. The summed E-state index contributed by atoms with van der Waals surface area (Å²) in [6, 6.07) is 22.5. The molecule has 0 saturated heterocycles. The number of hydrogen-bond acceptors (Lipinski definition) is 3. The van der Waals surface area contributed by atoms with E-state index in [0.717, 1.165) is 11.1 Å². The maximum Gasteiger partial charge on any atom is 0.344 e. The number of benzene rings is 3. The monoisotopic (exact) mass is 319 g/mol. The zero-order valence-electron chi connectivity index (χ0n) is 13.3. The predicted molar refractivity (Wildman–Crippen MR) is 95.2 cm³/mol. The van der Waals surface area contributed by atoms with Gasteiger partial charge in [0.25, 0.3) is 0 Å². The van der Waals surface area contributed by atoms with Gasteiger partial charge in [-0.2, -0.15) is 0 Å². The number of aliphatic carboxylic acids is 1. The van der Waals surface area contributed by atoms with E-state index < -0.39 is 12.6 Å². The molecule has 4 nitrogen and oxygen atoms in total. The highest BCUT2D eigenvalue weighted by atomic mass is 16.6. The fraction of sp³-hybridized carbons (Fsp3) is 0.100. The van der Waals surface area contributed by atoms with Crippen LogP contribution in [0.3, 0.4) is 0 Å². The summed E-state index contributed by atoms with van der Waals surface area (Å²) >= 11 is 0. The van der Waals surface area contributed by atoms with Crippen LogP contribution in [0.4, 0.5) is 0 Å². The molecule has 120 valence electrons. The van der Waals surface area contributed by atoms with Crippen LogP contribution in [0.1, 0.15) is 12.5 Å². The van der Waals surface area contributed by atoms with Gasteiger partial charge in [0.1, 0.15) is 0 Å². The van der Waals surface area contributed by atoms with Gasteiger partial charge >= 0.3 is 5.97 Å². The molecule has 0 saturated carbocycles. The average Bonchev–Trinajstić information content (AvgIpc) is 2.61. The van der Waals surface area contributed by atoms with Crippen LogP contribution in [0.25, 0.3) is 21.9 Å². The van der Waals surface area contributed by atoms with Crippen molar-refractivity contribution in [2.24, 2.45) is 5.16 Å². The van der Waals surface area contributed by atoms with Gasteiger partial charge in [0.2, 0.25) is 6.61 Å². The second-order valence-electron chi connectivity index (χ2n) is 5.45. The number of oxime groups is 1. The summed E-state index contributed by atoms with van der Waals surface area (Å²) in [7, 11) is 0. The van der Waals surface area contributed by atoms with Crippen molar-refractivity contribution < 1.29 is 14.7 Å². The molecule has 3 rings (SSSR count). The zero-order valence-corrected chi connectivity index (χ0v) is 13.3. The Morgan fingerprint density at radius 3 is 2.46 bits per heavy atom. The first-order valence-electron chi connectivity index (χ1n) is 7.62. The second-order valence-corrected chi connectivity index (χ2v) is 5.45. The molecular formula is C20H17NO3. The van der Waals surface area contributed by atoms with Gasteiger partial charge in [0, 0.05) is 0 Å². The number of nitrogens with zero attached hydrogens (tertiary/aromatic N) is 1. The summed E-state index contributed by atoms with van der Waals surface area (Å²) in [4.78, 5) is 15.2. The maximum absolute atomic E-state index is 10.4. The smallest absolute Gasteiger partial charge is 0.344 e. The highest BCUT2D eigenvalue weighted by molar-refractivity contribution is 6.00. The number of carboxylic acids is 1. The van der Waals surface area contributed by atoms with E-state index in [0.29, 0.717) is 5.71 Å². The molecule has 0 aliphatic rings. The molecule has 3 aromatic carbocycles. The Morgan fingerprint density at radius 1 is 1.00 bits per heavy atom. The van der Waals surface area contributed by atoms with E-state index in [4.69, 9.17) is 9.94 Å². The molecule has 1 N–H and O–H groups in total. The Labute approximate surface area is 140 Å². The van der Waals surface area contributed by atoms with Crippen molar-refractivity contribution in [2.75, 3.05) is 6.61 Å². The minimum absolute atomic E-state index is 0.439. The van der Waals surface area contributed by atoms with Crippen LogP contribution in [-0.4, -0.2) is 23.4 Å². The lowest BCUT2D eigenvalue weighted by molar-refractivity contribution is -0.142. The lowest BCUT2D eigenvalue weighted by Gasteiger charge is -2.08. The summed E-state index contributed by atoms with van der Waals surface area (Å²) in [5, 5.41) is 14.8. The van der Waals surface area contributed by atoms with E-state index in [2.05, 4.69) is 35.5 Å². The molecule has 0 aliphatic heterocycles. The first kappa shape index (κ1) is 15.7. The van der Waals surface area contributed by atoms with Crippen LogP contribution in [0.2, 0.25) is 0 Å². The highest BCUT2D eigenvalue weighted by Crippen LogP contribution is 2.28. The third-order valence-electron chi connectivity index (χ3n) is 3.79. The molecule has 0 atom stereocenters. The number of rotatable bonds is 5. The van der Waals surface area contributed by atoms with Crippen molar-refractivity contribution in [1.82, 2.24) is 0 Å². The Balaban J connectivity index is 1.88. The van der Waals surface area contributed by atoms with Gasteiger partial charge in [-0.05, 0) is 34.4 Å². The molecule has 0 spiro atoms. The van der Waals surface area contributed by atoms with Crippen molar-refractivity contribution in [1.29, 1.82) is 0 Å². The van der Waals surface area contributed by atoms with Crippen molar-refractivity contribution in [3.8, 4) is 11.1 Å². The molecule has 0 amide bonds. The third-order valence-corrected chi connectivity index (χ3v) is 3.79. The van der Waals surface area contributed by atoms with Gasteiger partial charge in [-0.25, -0.2) is 4.79 Å². The summed E-state index contributed by atoms with van der Waals surface area (Å²) < 4.78 is 0.